The van der Waals surface area contributed by atoms with Gasteiger partial charge in [0.1, 0.15) is 6.10 Å². The highest BCUT2D eigenvalue weighted by molar-refractivity contribution is 6.01. The van der Waals surface area contributed by atoms with Crippen LogP contribution in [0.5, 0.6) is 0 Å². The van der Waals surface area contributed by atoms with E-state index in [1.807, 2.05) is 0 Å². The van der Waals surface area contributed by atoms with Gasteiger partial charge in [-0.25, -0.2) is 4.39 Å². The minimum Gasteiger partial charge on any atom is -0.459 e. The van der Waals surface area contributed by atoms with Crippen molar-refractivity contribution in [1.29, 1.82) is 0 Å². The molecule has 0 heterocycles. The first-order valence-electron chi connectivity index (χ1n) is 11.6. The average Bonchev–Trinajstić information content (AvgIpc) is 2.95. The molecule has 8 atom stereocenters. The van der Waals surface area contributed by atoms with Gasteiger partial charge in [0.25, 0.3) is 0 Å². The van der Waals surface area contributed by atoms with Crippen LogP contribution in [0.2, 0.25) is 0 Å². The van der Waals surface area contributed by atoms with E-state index in [2.05, 4.69) is 0 Å². The van der Waals surface area contributed by atoms with Crippen molar-refractivity contribution in [2.75, 3.05) is 6.61 Å². The second-order valence-corrected chi connectivity index (χ2v) is 10.6. The fourth-order valence-electron chi connectivity index (χ4n) is 7.31. The molecule has 3 saturated carbocycles. The van der Waals surface area contributed by atoms with Gasteiger partial charge in [0, 0.05) is 30.6 Å². The average molecular weight is 479 g/mol. The lowest BCUT2D eigenvalue weighted by atomic mass is 9.44. The van der Waals surface area contributed by atoms with Crippen molar-refractivity contribution >= 4 is 23.5 Å². The molecule has 0 aromatic rings. The second-order valence-electron chi connectivity index (χ2n) is 10.6. The monoisotopic (exact) mass is 478 g/mol. The molecule has 34 heavy (non-hydrogen) atoms. The van der Waals surface area contributed by atoms with Gasteiger partial charge in [0.2, 0.25) is 5.78 Å². The summed E-state index contributed by atoms with van der Waals surface area (Å²) in [5.74, 6) is -3.93. The van der Waals surface area contributed by atoms with Crippen LogP contribution in [0.4, 0.5) is 4.39 Å². The topological polar surface area (TPSA) is 127 Å². The number of hydrogen-bond donors (Lipinski definition) is 2. The van der Waals surface area contributed by atoms with Gasteiger partial charge < -0.3 is 19.7 Å². The van der Waals surface area contributed by atoms with Crippen LogP contribution < -0.4 is 0 Å². The number of halogens is 1. The second kappa shape index (κ2) is 7.81. The van der Waals surface area contributed by atoms with Crippen molar-refractivity contribution in [1.82, 2.24) is 0 Å². The number of ether oxygens (including phenoxy) is 2. The van der Waals surface area contributed by atoms with Gasteiger partial charge in [-0.15, -0.1) is 0 Å². The van der Waals surface area contributed by atoms with Crippen LogP contribution >= 0.6 is 0 Å². The molecule has 0 unspecified atom stereocenters. The number of aliphatic hydroxyl groups excluding tert-OH is 1. The Hall–Kier alpha value is -2.39. The number of fused-ring (bicyclic) bond motifs is 5. The number of rotatable bonds is 4. The third-order valence-electron chi connectivity index (χ3n) is 8.98. The number of carbonyl (C=O) groups excluding carboxylic acids is 4. The molecule has 9 heteroatoms. The van der Waals surface area contributed by atoms with Gasteiger partial charge in [-0.3, -0.25) is 19.2 Å². The van der Waals surface area contributed by atoms with Crippen LogP contribution in [-0.4, -0.2) is 63.8 Å². The molecule has 0 amide bonds. The Balaban J connectivity index is 1.80. The molecule has 0 saturated heterocycles. The molecule has 4 aliphatic carbocycles. The van der Waals surface area contributed by atoms with Crippen molar-refractivity contribution in [3.8, 4) is 0 Å². The van der Waals surface area contributed by atoms with Gasteiger partial charge in [0.05, 0.1) is 6.10 Å². The largest absolute Gasteiger partial charge is 0.459 e. The number of allylic oxidation sites excluding steroid dienone is 4. The van der Waals surface area contributed by atoms with Crippen molar-refractivity contribution in [3.63, 3.8) is 0 Å². The summed E-state index contributed by atoms with van der Waals surface area (Å²) in [6, 6.07) is 0. The summed E-state index contributed by atoms with van der Waals surface area (Å²) >= 11 is 0. The van der Waals surface area contributed by atoms with Gasteiger partial charge in [-0.05, 0) is 50.7 Å². The number of hydrogen-bond acceptors (Lipinski definition) is 8. The van der Waals surface area contributed by atoms with E-state index < -0.39 is 70.5 Å². The number of esters is 2. The third kappa shape index (κ3) is 3.09. The molecule has 0 aromatic carbocycles. The number of ketones is 2. The Morgan fingerprint density at radius 2 is 1.85 bits per heavy atom. The van der Waals surface area contributed by atoms with Crippen LogP contribution in [0.15, 0.2) is 23.8 Å². The highest BCUT2D eigenvalue weighted by Crippen LogP contribution is 2.70. The zero-order valence-electron chi connectivity index (χ0n) is 19.8. The van der Waals surface area contributed by atoms with Crippen molar-refractivity contribution < 1.29 is 43.3 Å². The lowest BCUT2D eigenvalue weighted by molar-refractivity contribution is -0.224. The molecule has 0 bridgehead atoms. The maximum atomic E-state index is 17.2. The Kier molecular flexibility index (Phi) is 5.68. The molecule has 3 fully saturated rings. The molecule has 8 nitrogen and oxygen atoms in total. The molecule has 0 radical (unpaired) electrons. The number of aliphatic hydroxyl groups is 2. The molecule has 4 aliphatic rings. The first-order chi connectivity index (χ1) is 15.7. The quantitative estimate of drug-likeness (QED) is 0.586. The highest BCUT2D eigenvalue weighted by Gasteiger charge is 2.77. The molecule has 4 rings (SSSR count). The number of carbonyl (C=O) groups is 4. The van der Waals surface area contributed by atoms with Crippen molar-refractivity contribution in [2.45, 2.75) is 76.9 Å². The molecular weight excluding hydrogens is 447 g/mol. The minimum absolute atomic E-state index is 0.0131. The fraction of sp³-hybridized carbons (Fsp3) is 0.680. The van der Waals surface area contributed by atoms with Crippen molar-refractivity contribution in [3.05, 3.63) is 23.8 Å². The molecular formula is C25H31FO8. The normalized spacial score (nSPS) is 44.9. The molecule has 2 N–H and O–H groups in total. The summed E-state index contributed by atoms with van der Waals surface area (Å²) in [6.45, 7) is 4.80. The third-order valence-corrected chi connectivity index (χ3v) is 8.98. The first-order valence-corrected chi connectivity index (χ1v) is 11.6. The summed E-state index contributed by atoms with van der Waals surface area (Å²) in [5, 5.41) is 23.1. The Morgan fingerprint density at radius 3 is 2.47 bits per heavy atom. The molecule has 0 spiro atoms. The lowest BCUT2D eigenvalue weighted by Gasteiger charge is -2.62. The number of Topliss-reactive ketones (excluding diaryl/α,β-unsaturated/α-hetero) is 1. The van der Waals surface area contributed by atoms with E-state index in [1.165, 1.54) is 18.2 Å². The zero-order valence-corrected chi connectivity index (χ0v) is 19.8. The summed E-state index contributed by atoms with van der Waals surface area (Å²) in [6.07, 6.45) is 1.82. The van der Waals surface area contributed by atoms with Crippen LogP contribution in [0.25, 0.3) is 0 Å². The van der Waals surface area contributed by atoms with Gasteiger partial charge >= 0.3 is 11.9 Å². The van der Waals surface area contributed by atoms with E-state index in [9.17, 15) is 29.4 Å². The zero-order chi connectivity index (χ0) is 25.3. The van der Waals surface area contributed by atoms with E-state index in [4.69, 9.17) is 9.47 Å². The lowest BCUT2D eigenvalue weighted by Crippen LogP contribution is -2.70. The summed E-state index contributed by atoms with van der Waals surface area (Å²) < 4.78 is 27.4. The molecule has 186 valence electrons. The maximum absolute atomic E-state index is 17.2. The predicted molar refractivity (Wildman–Crippen MR) is 116 cm³/mol. The van der Waals surface area contributed by atoms with E-state index in [0.29, 0.717) is 12.0 Å². The Labute approximate surface area is 197 Å². The predicted octanol–water partition coefficient (Wildman–Crippen LogP) is 1.76. The maximum Gasteiger partial charge on any atom is 0.303 e. The SMILES string of the molecule is CC(=O)OCC(=O)[C@@]1(O)[C@H](OC(C)=O)C[C@@H]2[C@@H]3CCC4=CC(=O)C=C[C@]4(C)[C@@]3(F)[C@H](O)C[C@@]21C. The van der Waals surface area contributed by atoms with Crippen LogP contribution in [0, 0.1) is 22.7 Å². The van der Waals surface area contributed by atoms with E-state index >= 15 is 4.39 Å². The first kappa shape index (κ1) is 24.7. The van der Waals surface area contributed by atoms with E-state index in [0.717, 1.165) is 13.8 Å². The fourth-order valence-corrected chi connectivity index (χ4v) is 7.31. The van der Waals surface area contributed by atoms with Gasteiger partial charge in [-0.2, -0.15) is 0 Å². The van der Waals surface area contributed by atoms with Gasteiger partial charge in [-0.1, -0.05) is 18.6 Å². The molecule has 0 aliphatic heterocycles. The summed E-state index contributed by atoms with van der Waals surface area (Å²) in [7, 11) is 0. The van der Waals surface area contributed by atoms with Crippen molar-refractivity contribution in [2.24, 2.45) is 22.7 Å². The van der Waals surface area contributed by atoms with Crippen LogP contribution in [-0.2, 0) is 28.7 Å². The Morgan fingerprint density at radius 1 is 1.18 bits per heavy atom. The Bertz CT molecular complexity index is 1020. The summed E-state index contributed by atoms with van der Waals surface area (Å²) in [4.78, 5) is 48.4. The highest BCUT2D eigenvalue weighted by atomic mass is 19.1. The van der Waals surface area contributed by atoms with E-state index in [-0.39, 0.29) is 25.0 Å². The smallest absolute Gasteiger partial charge is 0.303 e. The molecule has 0 aromatic heterocycles. The standard InChI is InChI=1S/C25H31FO8/c1-13(27)33-12-20(31)25(32)21(34-14(2)28)10-18-17-6-5-15-9-16(29)7-8-22(15,3)24(17,26)19(30)11-23(18,25)4/h7-9,17-19,21,30,32H,5-6,10-12H2,1-4H3/t17-,18+,19+,21+,22-,23-,24-,25+/m0/s1. The van der Waals surface area contributed by atoms with Gasteiger partial charge in [0.15, 0.2) is 23.7 Å². The number of alkyl halides is 1. The van der Waals surface area contributed by atoms with Crippen LogP contribution in [0.3, 0.4) is 0 Å². The van der Waals surface area contributed by atoms with Crippen LogP contribution in [0.1, 0.15) is 53.4 Å². The minimum atomic E-state index is -2.28. The van der Waals surface area contributed by atoms with E-state index in [1.54, 1.807) is 13.8 Å². The summed E-state index contributed by atoms with van der Waals surface area (Å²) in [5.41, 5.74) is -6.42.